The third-order valence-corrected chi connectivity index (χ3v) is 18.0. The van der Waals surface area contributed by atoms with Crippen LogP contribution in [0.4, 0.5) is 26.4 Å². The second-order valence-electron chi connectivity index (χ2n) is 24.2. The normalized spacial score (nSPS) is 17.8. The highest BCUT2D eigenvalue weighted by Crippen LogP contribution is 2.38. The monoisotopic (exact) mass is 1410 g/mol. The van der Waals surface area contributed by atoms with Gasteiger partial charge in [0.2, 0.25) is 11.8 Å². The predicted octanol–water partition coefficient (Wildman–Crippen LogP) is 7.05. The third-order valence-electron chi connectivity index (χ3n) is 17.5. The average molecular weight is 1410 g/mol. The maximum atomic E-state index is 14.1. The van der Waals surface area contributed by atoms with Gasteiger partial charge in [-0.05, 0) is 79.1 Å². The Morgan fingerprint density at radius 3 is 2.04 bits per heavy atom. The van der Waals surface area contributed by atoms with E-state index in [1.807, 2.05) is 24.3 Å². The molecule has 5 aliphatic heterocycles. The number of nitriles is 1. The van der Waals surface area contributed by atoms with Crippen molar-refractivity contribution in [3.63, 3.8) is 0 Å². The number of benzene rings is 4. The SMILES string of the molecule is C=C(F)C(=O)N1CCN(c2nc(OC[C@@H]3CCCN3CCOCCOCCOCCOCCOCCOCCOCCOCCOc3cc(Cl)cc(NC(=O)NCc4ccc5c(c4)CN(C4CCC(=O)NC4=O)C5=O)c3)nc3c2CCN(c2cccc4cccc(Cl)c24)C3)C[C@@H]1CC#N. The van der Waals surface area contributed by atoms with Gasteiger partial charge in [0.1, 0.15) is 30.8 Å². The highest BCUT2D eigenvalue weighted by molar-refractivity contribution is 6.36. The Labute approximate surface area is 585 Å². The number of anilines is 3. The van der Waals surface area contributed by atoms with Gasteiger partial charge in [-0.2, -0.15) is 15.2 Å². The van der Waals surface area contributed by atoms with Crippen LogP contribution >= 0.6 is 23.2 Å². The number of likely N-dealkylation sites (tertiary alicyclic amines) is 1. The Kier molecular flexibility index (Phi) is 28.4. The number of imide groups is 1. The maximum absolute atomic E-state index is 14.1. The Bertz CT molecular complexity index is 3630. The first-order chi connectivity index (χ1) is 48.3. The van der Waals surface area contributed by atoms with Crippen LogP contribution < -0.4 is 35.2 Å². The summed E-state index contributed by atoms with van der Waals surface area (Å²) in [6, 6.07) is 23.0. The highest BCUT2D eigenvalue weighted by Gasteiger charge is 2.40. The zero-order valence-corrected chi connectivity index (χ0v) is 57.0. The van der Waals surface area contributed by atoms with Crippen LogP contribution in [0.25, 0.3) is 10.8 Å². The zero-order chi connectivity index (χ0) is 69.3. The number of aromatic nitrogens is 2. The van der Waals surface area contributed by atoms with Crippen molar-refractivity contribution >= 4 is 80.8 Å². The first-order valence-corrected chi connectivity index (χ1v) is 34.4. The van der Waals surface area contributed by atoms with Gasteiger partial charge in [0.15, 0.2) is 5.83 Å². The fraction of sp³-hybridized carbons (Fsp3) is 0.514. The van der Waals surface area contributed by atoms with Crippen molar-refractivity contribution in [2.75, 3.05) is 173 Å². The molecule has 0 radical (unpaired) electrons. The van der Waals surface area contributed by atoms with E-state index in [-0.39, 0.29) is 69.4 Å². The van der Waals surface area contributed by atoms with Gasteiger partial charge in [0.25, 0.3) is 11.8 Å². The molecule has 99 heavy (non-hydrogen) atoms. The lowest BCUT2D eigenvalue weighted by atomic mass is 10.0. The molecule has 0 saturated carbocycles. The lowest BCUT2D eigenvalue weighted by Gasteiger charge is -2.42. The number of piperazine rings is 1. The number of urea groups is 1. The molecule has 3 N–H and O–H groups in total. The van der Waals surface area contributed by atoms with E-state index in [1.165, 1.54) is 9.80 Å². The number of rotatable bonds is 39. The summed E-state index contributed by atoms with van der Waals surface area (Å²) in [6.45, 7) is 14.7. The number of amides is 6. The topological polar surface area (TPSA) is 280 Å². The number of nitrogens with one attached hydrogen (secondary N) is 3. The molecule has 3 atom stereocenters. The number of carbonyl (C=O) groups is 5. The summed E-state index contributed by atoms with van der Waals surface area (Å²) in [5, 5.41) is 20.6. The molecule has 5 aromatic rings. The molecule has 0 bridgehead atoms. The van der Waals surface area contributed by atoms with E-state index in [0.717, 1.165) is 64.8 Å². The van der Waals surface area contributed by atoms with Gasteiger partial charge in [0, 0.05) is 97.3 Å². The van der Waals surface area contributed by atoms with E-state index in [0.29, 0.717) is 178 Å². The number of carbonyl (C=O) groups excluding carboxylic acids is 5. The Morgan fingerprint density at radius 2 is 1.37 bits per heavy atom. The van der Waals surface area contributed by atoms with E-state index in [2.05, 4.69) is 61.5 Å². The standard InChI is InChI=1S/C70H86Cl2FN11O15/c1-48(73)67(87)83-20-19-82(45-54(83)14-16-74)65-58-15-18-81(61-9-3-6-50-5-2-8-59(72)64(50)61)46-60(58)77-70(79-65)99-47-55-7-4-17-80(55)21-22-90-23-24-91-25-26-92-27-28-93-29-30-94-31-32-95-33-34-96-35-36-97-37-38-98-56-41-52(71)40-53(42-56)76-69(89)75-43-49-10-11-57-51(39-49)44-84(68(57)88)62-12-13-63(85)78-66(62)86/h2-3,5-6,8-11,39-42,54-55,62H,1,4,7,12-15,17-38,43-47H2,(H2,75,76,89)(H,78,85,86)/t54-,55-,62?/m0/s1. The summed E-state index contributed by atoms with van der Waals surface area (Å²) < 4.78 is 71.7. The average Bonchev–Trinajstić information content (AvgIpc) is 1.57. The van der Waals surface area contributed by atoms with Gasteiger partial charge in [-0.25, -0.2) is 9.18 Å². The Hall–Kier alpha value is -7.85. The second-order valence-corrected chi connectivity index (χ2v) is 25.0. The van der Waals surface area contributed by atoms with Gasteiger partial charge < -0.3 is 77.6 Å². The van der Waals surface area contributed by atoms with Crippen LogP contribution in [0.1, 0.15) is 64.8 Å². The molecule has 3 fully saturated rings. The quantitative estimate of drug-likeness (QED) is 0.0202. The predicted molar refractivity (Wildman–Crippen MR) is 366 cm³/mol. The number of piperidine rings is 1. The number of ether oxygens (including phenoxy) is 10. The van der Waals surface area contributed by atoms with Crippen LogP contribution in [0, 0.1) is 11.3 Å². The molecule has 1 aromatic heterocycles. The van der Waals surface area contributed by atoms with Crippen molar-refractivity contribution in [1.82, 2.24) is 35.3 Å². The molecule has 4 aromatic carbocycles. The minimum atomic E-state index is -1.05. The van der Waals surface area contributed by atoms with Crippen LogP contribution in [0.5, 0.6) is 11.8 Å². The highest BCUT2D eigenvalue weighted by atomic mass is 35.5. The van der Waals surface area contributed by atoms with E-state index in [4.69, 9.17) is 80.5 Å². The summed E-state index contributed by atoms with van der Waals surface area (Å²) in [5.41, 5.74) is 5.25. The van der Waals surface area contributed by atoms with Gasteiger partial charge in [-0.1, -0.05) is 66.2 Å². The maximum Gasteiger partial charge on any atom is 0.319 e. The number of halogens is 3. The van der Waals surface area contributed by atoms with Crippen LogP contribution in [0.3, 0.4) is 0 Å². The molecule has 6 amide bonds. The van der Waals surface area contributed by atoms with E-state index in [1.54, 1.807) is 30.3 Å². The molecule has 29 heteroatoms. The smallest absolute Gasteiger partial charge is 0.319 e. The van der Waals surface area contributed by atoms with Crippen molar-refractivity contribution < 1.29 is 75.7 Å². The lowest BCUT2D eigenvalue weighted by Crippen LogP contribution is -2.55. The molecule has 532 valence electrons. The minimum absolute atomic E-state index is 0.0322. The molecule has 0 aliphatic carbocycles. The molecule has 5 aliphatic rings. The minimum Gasteiger partial charge on any atom is -0.491 e. The fourth-order valence-corrected chi connectivity index (χ4v) is 13.1. The third kappa shape index (κ3) is 21.3. The molecular formula is C70H86Cl2FN11O15. The molecule has 6 heterocycles. The number of hydrogen-bond acceptors (Lipinski definition) is 21. The van der Waals surface area contributed by atoms with E-state index >= 15 is 0 Å². The fourth-order valence-electron chi connectivity index (χ4n) is 12.6. The summed E-state index contributed by atoms with van der Waals surface area (Å²) in [7, 11) is 0. The summed E-state index contributed by atoms with van der Waals surface area (Å²) in [6.07, 6.45) is 3.10. The van der Waals surface area contributed by atoms with Crippen LogP contribution in [0.15, 0.2) is 85.2 Å². The van der Waals surface area contributed by atoms with Crippen LogP contribution in [-0.4, -0.2) is 231 Å². The summed E-state index contributed by atoms with van der Waals surface area (Å²) >= 11 is 13.1. The first kappa shape index (κ1) is 73.9. The molecule has 0 spiro atoms. The van der Waals surface area contributed by atoms with Gasteiger partial charge in [-0.3, -0.25) is 29.4 Å². The molecule has 10 rings (SSSR count). The number of hydrogen-bond donors (Lipinski definition) is 3. The van der Waals surface area contributed by atoms with E-state index in [9.17, 15) is 33.6 Å². The van der Waals surface area contributed by atoms with Crippen molar-refractivity contribution in [3.8, 4) is 17.8 Å². The summed E-state index contributed by atoms with van der Waals surface area (Å²) in [4.78, 5) is 82.2. The Morgan fingerprint density at radius 1 is 0.707 bits per heavy atom. The van der Waals surface area contributed by atoms with Crippen molar-refractivity contribution in [2.24, 2.45) is 0 Å². The summed E-state index contributed by atoms with van der Waals surface area (Å²) in [5.74, 6) is -1.77. The molecular weight excluding hydrogens is 1320 g/mol. The van der Waals surface area contributed by atoms with Gasteiger partial charge in [-0.15, -0.1) is 0 Å². The second kappa shape index (κ2) is 38.1. The lowest BCUT2D eigenvalue weighted by molar-refractivity contribution is -0.137. The Balaban J connectivity index is 0.510. The van der Waals surface area contributed by atoms with Crippen LogP contribution in [-0.2, 0) is 78.3 Å². The van der Waals surface area contributed by atoms with Crippen molar-refractivity contribution in [1.29, 1.82) is 5.26 Å². The zero-order valence-electron chi connectivity index (χ0n) is 55.5. The van der Waals surface area contributed by atoms with Gasteiger partial charge >= 0.3 is 12.0 Å². The van der Waals surface area contributed by atoms with Crippen molar-refractivity contribution in [3.05, 3.63) is 123 Å². The number of fused-ring (bicyclic) bond motifs is 3. The van der Waals surface area contributed by atoms with E-state index < -0.39 is 35.8 Å². The molecule has 1 unspecified atom stereocenters. The van der Waals surface area contributed by atoms with Gasteiger partial charge in [0.05, 0.1) is 142 Å². The largest absolute Gasteiger partial charge is 0.491 e. The van der Waals surface area contributed by atoms with Crippen molar-refractivity contribution in [2.45, 2.75) is 76.3 Å². The molecule has 26 nitrogen and oxygen atoms in total. The van der Waals surface area contributed by atoms with Crippen LogP contribution in [0.2, 0.25) is 10.0 Å². The first-order valence-electron chi connectivity index (χ1n) is 33.6. The number of nitrogens with zero attached hydrogens (tertiary/aromatic N) is 8. The molecule has 3 saturated heterocycles.